The fraction of sp³-hybridized carbons (Fsp3) is 0.167. The van der Waals surface area contributed by atoms with E-state index in [4.69, 9.17) is 0 Å². The molecule has 0 fully saturated rings. The smallest absolute Gasteiger partial charge is 0.120 e. The van der Waals surface area contributed by atoms with E-state index in [1.165, 1.54) is 0 Å². The molecule has 0 unspecified atom stereocenters. The van der Waals surface area contributed by atoms with Crippen molar-refractivity contribution >= 4 is 11.0 Å². The Kier molecular flexibility index (Phi) is 3.19. The highest BCUT2D eigenvalue weighted by Gasteiger charge is 2.14. The van der Waals surface area contributed by atoms with Crippen LogP contribution in [0.2, 0.25) is 0 Å². The van der Waals surface area contributed by atoms with Gasteiger partial charge in [0.1, 0.15) is 11.4 Å². The molecule has 0 spiro atoms. The van der Waals surface area contributed by atoms with Crippen LogP contribution in [0, 0.1) is 0 Å². The molecule has 0 aliphatic rings. The van der Waals surface area contributed by atoms with Gasteiger partial charge < -0.3 is 4.57 Å². The largest absolute Gasteiger partial charge is 0.328 e. The van der Waals surface area contributed by atoms with Gasteiger partial charge in [-0.25, -0.2) is 4.98 Å². The average molecular weight is 303 g/mol. The number of hydrogen-bond acceptors (Lipinski definition) is 3. The molecule has 2 aromatic heterocycles. The van der Waals surface area contributed by atoms with Gasteiger partial charge in [-0.3, -0.25) is 0 Å². The standard InChI is InChI=1S/C18H17N5/c1-12(2)23-11-19-15-9-8-14(10-16(15)23)18-17(20-22-21-18)13-6-4-3-5-7-13/h3-12H,1-2H3,(H,20,21,22). The lowest BCUT2D eigenvalue weighted by Gasteiger charge is -2.08. The second kappa shape index (κ2) is 5.35. The molecular formula is C18H17N5. The molecule has 0 radical (unpaired) electrons. The van der Waals surface area contributed by atoms with Gasteiger partial charge in [0.2, 0.25) is 0 Å². The Hall–Kier alpha value is -2.95. The predicted molar refractivity (Wildman–Crippen MR) is 90.9 cm³/mol. The second-order valence-corrected chi connectivity index (χ2v) is 5.84. The summed E-state index contributed by atoms with van der Waals surface area (Å²) in [6, 6.07) is 16.7. The maximum atomic E-state index is 4.46. The molecule has 0 saturated carbocycles. The van der Waals surface area contributed by atoms with E-state index in [1.807, 2.05) is 48.8 Å². The van der Waals surface area contributed by atoms with Crippen molar-refractivity contribution < 1.29 is 0 Å². The second-order valence-electron chi connectivity index (χ2n) is 5.84. The number of imidazole rings is 1. The van der Waals surface area contributed by atoms with E-state index in [2.05, 4.69) is 44.9 Å². The van der Waals surface area contributed by atoms with Crippen LogP contribution < -0.4 is 0 Å². The highest BCUT2D eigenvalue weighted by atomic mass is 15.3. The highest BCUT2D eigenvalue weighted by Crippen LogP contribution is 2.30. The third kappa shape index (κ3) is 2.30. The number of nitrogens with one attached hydrogen (secondary N) is 1. The third-order valence-corrected chi connectivity index (χ3v) is 4.00. The molecule has 2 aromatic carbocycles. The van der Waals surface area contributed by atoms with Gasteiger partial charge in [-0.1, -0.05) is 36.4 Å². The quantitative estimate of drug-likeness (QED) is 0.620. The summed E-state index contributed by atoms with van der Waals surface area (Å²) in [6.45, 7) is 4.30. The summed E-state index contributed by atoms with van der Waals surface area (Å²) in [7, 11) is 0. The molecule has 114 valence electrons. The van der Waals surface area contributed by atoms with Crippen LogP contribution in [0.15, 0.2) is 54.9 Å². The molecular weight excluding hydrogens is 286 g/mol. The molecule has 0 amide bonds. The number of nitrogens with zero attached hydrogens (tertiary/aromatic N) is 4. The van der Waals surface area contributed by atoms with Gasteiger partial charge in [0.25, 0.3) is 0 Å². The first-order chi connectivity index (χ1) is 11.2. The number of hydrogen-bond donors (Lipinski definition) is 1. The van der Waals surface area contributed by atoms with Crippen molar-refractivity contribution in [2.45, 2.75) is 19.9 Å². The lowest BCUT2D eigenvalue weighted by molar-refractivity contribution is 0.617. The van der Waals surface area contributed by atoms with Gasteiger partial charge in [-0.2, -0.15) is 15.4 Å². The third-order valence-electron chi connectivity index (χ3n) is 4.00. The Labute approximate surface area is 134 Å². The van der Waals surface area contributed by atoms with E-state index in [0.29, 0.717) is 6.04 Å². The van der Waals surface area contributed by atoms with Crippen molar-refractivity contribution in [1.82, 2.24) is 25.0 Å². The molecule has 2 heterocycles. The van der Waals surface area contributed by atoms with Crippen LogP contribution in [-0.4, -0.2) is 25.0 Å². The van der Waals surface area contributed by atoms with Crippen molar-refractivity contribution in [3.8, 4) is 22.5 Å². The summed E-state index contributed by atoms with van der Waals surface area (Å²) in [5.41, 5.74) is 5.91. The van der Waals surface area contributed by atoms with Crippen LogP contribution >= 0.6 is 0 Å². The first kappa shape index (κ1) is 13.7. The molecule has 0 aliphatic carbocycles. The summed E-state index contributed by atoms with van der Waals surface area (Å²) < 4.78 is 2.17. The Morgan fingerprint density at radius 3 is 2.39 bits per heavy atom. The van der Waals surface area contributed by atoms with Crippen molar-refractivity contribution in [2.75, 3.05) is 0 Å². The molecule has 4 aromatic rings. The van der Waals surface area contributed by atoms with Gasteiger partial charge in [0, 0.05) is 17.2 Å². The van der Waals surface area contributed by atoms with Crippen LogP contribution in [0.25, 0.3) is 33.5 Å². The topological polar surface area (TPSA) is 59.4 Å². The summed E-state index contributed by atoms with van der Waals surface area (Å²) in [5, 5.41) is 11.4. The van der Waals surface area contributed by atoms with E-state index in [1.54, 1.807) is 0 Å². The molecule has 0 aliphatic heterocycles. The van der Waals surface area contributed by atoms with Crippen molar-refractivity contribution in [3.63, 3.8) is 0 Å². The van der Waals surface area contributed by atoms with Crippen LogP contribution in [0.5, 0.6) is 0 Å². The van der Waals surface area contributed by atoms with Gasteiger partial charge in [-0.05, 0) is 26.0 Å². The molecule has 4 rings (SSSR count). The van der Waals surface area contributed by atoms with Crippen LogP contribution in [0.3, 0.4) is 0 Å². The Morgan fingerprint density at radius 1 is 0.913 bits per heavy atom. The monoisotopic (exact) mass is 303 g/mol. The fourth-order valence-corrected chi connectivity index (χ4v) is 2.81. The number of fused-ring (bicyclic) bond motifs is 1. The number of H-pyrrole nitrogens is 1. The van der Waals surface area contributed by atoms with Crippen molar-refractivity contribution in [2.24, 2.45) is 0 Å². The molecule has 0 atom stereocenters. The minimum atomic E-state index is 0.362. The van der Waals surface area contributed by atoms with E-state index in [-0.39, 0.29) is 0 Å². The van der Waals surface area contributed by atoms with E-state index in [9.17, 15) is 0 Å². The first-order valence-electron chi connectivity index (χ1n) is 7.67. The first-order valence-corrected chi connectivity index (χ1v) is 7.67. The minimum absolute atomic E-state index is 0.362. The summed E-state index contributed by atoms with van der Waals surface area (Å²) in [5.74, 6) is 0. The maximum absolute atomic E-state index is 4.46. The molecule has 0 bridgehead atoms. The maximum Gasteiger partial charge on any atom is 0.120 e. The highest BCUT2D eigenvalue weighted by molar-refractivity contribution is 5.85. The van der Waals surface area contributed by atoms with Crippen LogP contribution in [0.4, 0.5) is 0 Å². The van der Waals surface area contributed by atoms with Gasteiger partial charge in [-0.15, -0.1) is 0 Å². The molecule has 23 heavy (non-hydrogen) atoms. The van der Waals surface area contributed by atoms with E-state index < -0.39 is 0 Å². The van der Waals surface area contributed by atoms with Gasteiger partial charge >= 0.3 is 0 Å². The van der Waals surface area contributed by atoms with Gasteiger partial charge in [0.15, 0.2) is 0 Å². The number of aromatic amines is 1. The normalized spacial score (nSPS) is 11.4. The Balaban J connectivity index is 1.87. The lowest BCUT2D eigenvalue weighted by Crippen LogP contribution is -1.98. The summed E-state index contributed by atoms with van der Waals surface area (Å²) in [6.07, 6.45) is 1.89. The number of benzene rings is 2. The van der Waals surface area contributed by atoms with Crippen molar-refractivity contribution in [3.05, 3.63) is 54.9 Å². The molecule has 0 saturated heterocycles. The molecule has 5 heteroatoms. The number of aromatic nitrogens is 5. The predicted octanol–water partition coefficient (Wildman–Crippen LogP) is 4.07. The van der Waals surface area contributed by atoms with Crippen LogP contribution in [-0.2, 0) is 0 Å². The zero-order valence-electron chi connectivity index (χ0n) is 13.1. The average Bonchev–Trinajstić information content (AvgIpc) is 3.22. The molecule has 1 N–H and O–H groups in total. The molecule has 5 nitrogen and oxygen atoms in total. The summed E-state index contributed by atoms with van der Waals surface area (Å²) >= 11 is 0. The fourth-order valence-electron chi connectivity index (χ4n) is 2.81. The van der Waals surface area contributed by atoms with Gasteiger partial charge in [0.05, 0.1) is 17.4 Å². The van der Waals surface area contributed by atoms with E-state index in [0.717, 1.165) is 33.5 Å². The Bertz CT molecular complexity index is 950. The SMILES string of the molecule is CC(C)n1cnc2ccc(-c3n[nH]nc3-c3ccccc3)cc21. The zero-order valence-corrected chi connectivity index (χ0v) is 13.1. The van der Waals surface area contributed by atoms with Crippen LogP contribution in [0.1, 0.15) is 19.9 Å². The Morgan fingerprint density at radius 2 is 1.65 bits per heavy atom. The lowest BCUT2D eigenvalue weighted by atomic mass is 10.0. The summed E-state index contributed by atoms with van der Waals surface area (Å²) in [4.78, 5) is 4.46. The minimum Gasteiger partial charge on any atom is -0.328 e. The van der Waals surface area contributed by atoms with Crippen molar-refractivity contribution in [1.29, 1.82) is 0 Å². The number of rotatable bonds is 3. The van der Waals surface area contributed by atoms with E-state index >= 15 is 0 Å². The zero-order chi connectivity index (χ0) is 15.8.